The van der Waals surface area contributed by atoms with E-state index in [0.29, 0.717) is 0 Å². The Balaban J connectivity index is 2.32. The van der Waals surface area contributed by atoms with Crippen molar-refractivity contribution < 1.29 is 0 Å². The lowest BCUT2D eigenvalue weighted by molar-refractivity contribution is 0.766. The number of H-pyrrole nitrogens is 1. The van der Waals surface area contributed by atoms with Gasteiger partial charge >= 0.3 is 0 Å². The zero-order valence-electron chi connectivity index (χ0n) is 7.97. The van der Waals surface area contributed by atoms with Gasteiger partial charge in [-0.05, 0) is 25.2 Å². The van der Waals surface area contributed by atoms with Crippen molar-refractivity contribution in [2.75, 3.05) is 13.6 Å². The van der Waals surface area contributed by atoms with Gasteiger partial charge in [-0.2, -0.15) is 0 Å². The highest BCUT2D eigenvalue weighted by molar-refractivity contribution is 9.10. The van der Waals surface area contributed by atoms with Crippen LogP contribution in [-0.4, -0.2) is 23.6 Å². The number of aromatic nitrogens is 2. The van der Waals surface area contributed by atoms with Crippen molar-refractivity contribution in [3.63, 3.8) is 0 Å². The Morgan fingerprint density at radius 1 is 1.50 bits per heavy atom. The summed E-state index contributed by atoms with van der Waals surface area (Å²) in [4.78, 5) is 7.77. The first-order valence-electron chi connectivity index (χ1n) is 4.58. The second-order valence-corrected chi connectivity index (χ2v) is 4.11. The molecule has 4 heteroatoms. The minimum atomic E-state index is 0.933. The molecule has 0 atom stereocenters. The Labute approximate surface area is 91.1 Å². The normalized spacial score (nSPS) is 11.0. The minimum Gasteiger partial charge on any atom is -0.342 e. The van der Waals surface area contributed by atoms with Gasteiger partial charge in [0, 0.05) is 17.4 Å². The molecule has 1 aromatic heterocycles. The fourth-order valence-electron chi connectivity index (χ4n) is 1.40. The number of likely N-dealkylation sites (N-methyl/N-ethyl adjacent to an activating group) is 1. The third-order valence-electron chi connectivity index (χ3n) is 2.10. The van der Waals surface area contributed by atoms with Gasteiger partial charge in [-0.15, -0.1) is 0 Å². The zero-order chi connectivity index (χ0) is 9.97. The largest absolute Gasteiger partial charge is 0.342 e. The number of fused-ring (bicyclic) bond motifs is 1. The third kappa shape index (κ3) is 1.96. The average Bonchev–Trinajstić information content (AvgIpc) is 2.56. The number of nitrogens with one attached hydrogen (secondary N) is 2. The molecular weight excluding hydrogens is 242 g/mol. The van der Waals surface area contributed by atoms with Crippen molar-refractivity contribution in [2.45, 2.75) is 6.42 Å². The first-order chi connectivity index (χ1) is 6.79. The molecular formula is C10H12BrN3. The molecule has 0 bridgehead atoms. The molecule has 2 N–H and O–H groups in total. The minimum absolute atomic E-state index is 0.933. The topological polar surface area (TPSA) is 40.7 Å². The van der Waals surface area contributed by atoms with Gasteiger partial charge in [0.2, 0.25) is 0 Å². The summed E-state index contributed by atoms with van der Waals surface area (Å²) in [6.07, 6.45) is 0.933. The van der Waals surface area contributed by atoms with E-state index in [0.717, 1.165) is 34.3 Å². The molecule has 14 heavy (non-hydrogen) atoms. The predicted molar refractivity (Wildman–Crippen MR) is 61.4 cm³/mol. The van der Waals surface area contributed by atoms with Gasteiger partial charge in [0.15, 0.2) is 0 Å². The number of nitrogens with zero attached hydrogens (tertiary/aromatic N) is 1. The van der Waals surface area contributed by atoms with Crippen molar-refractivity contribution in [1.29, 1.82) is 0 Å². The Hall–Kier alpha value is -0.870. The van der Waals surface area contributed by atoms with E-state index in [1.165, 1.54) is 0 Å². The molecule has 0 saturated heterocycles. The summed E-state index contributed by atoms with van der Waals surface area (Å²) in [6.45, 7) is 0.945. The van der Waals surface area contributed by atoms with Gasteiger partial charge in [-0.1, -0.05) is 15.9 Å². The number of hydrogen-bond donors (Lipinski definition) is 2. The van der Waals surface area contributed by atoms with Crippen molar-refractivity contribution in [3.05, 3.63) is 28.5 Å². The van der Waals surface area contributed by atoms with Crippen molar-refractivity contribution >= 4 is 27.0 Å². The van der Waals surface area contributed by atoms with Gasteiger partial charge in [0.05, 0.1) is 11.0 Å². The van der Waals surface area contributed by atoms with Gasteiger partial charge in [0.1, 0.15) is 5.82 Å². The first-order valence-corrected chi connectivity index (χ1v) is 5.37. The van der Waals surface area contributed by atoms with Crippen LogP contribution in [0, 0.1) is 0 Å². The molecule has 2 rings (SSSR count). The van der Waals surface area contributed by atoms with Gasteiger partial charge in [-0.3, -0.25) is 0 Å². The van der Waals surface area contributed by atoms with Crippen molar-refractivity contribution in [2.24, 2.45) is 0 Å². The third-order valence-corrected chi connectivity index (χ3v) is 2.60. The number of hydrogen-bond acceptors (Lipinski definition) is 2. The predicted octanol–water partition coefficient (Wildman–Crippen LogP) is 2.09. The van der Waals surface area contributed by atoms with Gasteiger partial charge in [-0.25, -0.2) is 4.98 Å². The van der Waals surface area contributed by atoms with Crippen LogP contribution in [0.4, 0.5) is 0 Å². The fourth-order valence-corrected chi connectivity index (χ4v) is 1.76. The summed E-state index contributed by atoms with van der Waals surface area (Å²) in [7, 11) is 1.94. The van der Waals surface area contributed by atoms with E-state index < -0.39 is 0 Å². The Morgan fingerprint density at radius 3 is 3.14 bits per heavy atom. The van der Waals surface area contributed by atoms with E-state index in [1.54, 1.807) is 0 Å². The molecule has 0 spiro atoms. The summed E-state index contributed by atoms with van der Waals surface area (Å²) in [5, 5.41) is 3.10. The molecule has 1 aromatic carbocycles. The second-order valence-electron chi connectivity index (χ2n) is 3.20. The van der Waals surface area contributed by atoms with Crippen molar-refractivity contribution in [1.82, 2.24) is 15.3 Å². The highest BCUT2D eigenvalue weighted by Crippen LogP contribution is 2.17. The molecule has 0 fully saturated rings. The lowest BCUT2D eigenvalue weighted by Crippen LogP contribution is -2.10. The van der Waals surface area contributed by atoms with Crippen LogP contribution in [0.5, 0.6) is 0 Å². The Morgan fingerprint density at radius 2 is 2.36 bits per heavy atom. The fraction of sp³-hybridized carbons (Fsp3) is 0.300. The van der Waals surface area contributed by atoms with E-state index in [-0.39, 0.29) is 0 Å². The van der Waals surface area contributed by atoms with Gasteiger partial charge in [0.25, 0.3) is 0 Å². The monoisotopic (exact) mass is 253 g/mol. The summed E-state index contributed by atoms with van der Waals surface area (Å²) in [6, 6.07) is 6.06. The molecule has 1 heterocycles. The van der Waals surface area contributed by atoms with Crippen LogP contribution in [0.25, 0.3) is 11.0 Å². The first kappa shape index (κ1) is 9.68. The van der Waals surface area contributed by atoms with Crippen LogP contribution in [0.3, 0.4) is 0 Å². The maximum atomic E-state index is 4.47. The number of halogens is 1. The molecule has 0 aliphatic heterocycles. The quantitative estimate of drug-likeness (QED) is 0.880. The van der Waals surface area contributed by atoms with Crippen LogP contribution < -0.4 is 5.32 Å². The average molecular weight is 254 g/mol. The highest BCUT2D eigenvalue weighted by Gasteiger charge is 2.01. The molecule has 0 saturated carbocycles. The van der Waals surface area contributed by atoms with Crippen LogP contribution in [-0.2, 0) is 6.42 Å². The van der Waals surface area contributed by atoms with E-state index in [4.69, 9.17) is 0 Å². The summed E-state index contributed by atoms with van der Waals surface area (Å²) < 4.78 is 1.08. The number of aromatic amines is 1. The molecule has 0 unspecified atom stereocenters. The maximum Gasteiger partial charge on any atom is 0.108 e. The summed E-state index contributed by atoms with van der Waals surface area (Å²) in [5.41, 5.74) is 2.12. The molecule has 0 amide bonds. The molecule has 3 nitrogen and oxygen atoms in total. The molecule has 74 valence electrons. The van der Waals surface area contributed by atoms with E-state index in [1.807, 2.05) is 25.2 Å². The summed E-state index contributed by atoms with van der Waals surface area (Å²) >= 11 is 3.43. The van der Waals surface area contributed by atoms with Crippen LogP contribution in [0.2, 0.25) is 0 Å². The van der Waals surface area contributed by atoms with E-state index >= 15 is 0 Å². The van der Waals surface area contributed by atoms with Gasteiger partial charge < -0.3 is 10.3 Å². The maximum absolute atomic E-state index is 4.47. The summed E-state index contributed by atoms with van der Waals surface area (Å²) in [5.74, 6) is 1.03. The van der Waals surface area contributed by atoms with Crippen LogP contribution in [0.1, 0.15) is 5.82 Å². The zero-order valence-corrected chi connectivity index (χ0v) is 9.56. The number of imidazole rings is 1. The lowest BCUT2D eigenvalue weighted by Gasteiger charge is -1.93. The smallest absolute Gasteiger partial charge is 0.108 e. The lowest BCUT2D eigenvalue weighted by atomic mass is 10.3. The van der Waals surface area contributed by atoms with Crippen molar-refractivity contribution in [3.8, 4) is 0 Å². The van der Waals surface area contributed by atoms with E-state index in [9.17, 15) is 0 Å². The van der Waals surface area contributed by atoms with Crippen LogP contribution in [0.15, 0.2) is 22.7 Å². The Kier molecular flexibility index (Phi) is 2.84. The number of benzene rings is 1. The highest BCUT2D eigenvalue weighted by atomic mass is 79.9. The standard InChI is InChI=1S/C10H12BrN3/c1-12-5-4-10-13-8-3-2-7(11)6-9(8)14-10/h2-3,6,12H,4-5H2,1H3,(H,13,14). The second kappa shape index (κ2) is 4.11. The molecule has 2 aromatic rings. The van der Waals surface area contributed by atoms with E-state index in [2.05, 4.69) is 31.2 Å². The Bertz CT molecular complexity index is 436. The number of rotatable bonds is 3. The SMILES string of the molecule is CNCCc1nc2ccc(Br)cc2[nH]1. The van der Waals surface area contributed by atoms with Crippen LogP contribution >= 0.6 is 15.9 Å². The molecule has 0 aliphatic carbocycles. The molecule has 0 aliphatic rings. The molecule has 0 radical (unpaired) electrons.